The third-order valence-corrected chi connectivity index (χ3v) is 8.08. The molecule has 5 heteroatoms. The van der Waals surface area contributed by atoms with E-state index in [1.165, 1.54) is 11.1 Å². The van der Waals surface area contributed by atoms with E-state index in [1.807, 2.05) is 0 Å². The van der Waals surface area contributed by atoms with Crippen molar-refractivity contribution in [2.24, 2.45) is 22.7 Å². The fourth-order valence-corrected chi connectivity index (χ4v) is 5.35. The van der Waals surface area contributed by atoms with Crippen molar-refractivity contribution in [3.63, 3.8) is 0 Å². The lowest BCUT2D eigenvalue weighted by Gasteiger charge is -2.32. The van der Waals surface area contributed by atoms with Gasteiger partial charge in [0.25, 0.3) is 0 Å². The lowest BCUT2D eigenvalue weighted by Crippen LogP contribution is -2.35. The van der Waals surface area contributed by atoms with Crippen molar-refractivity contribution < 1.29 is 14.9 Å². The van der Waals surface area contributed by atoms with Gasteiger partial charge in [0.05, 0.1) is 20.3 Å². The second-order valence-corrected chi connectivity index (χ2v) is 10.5. The molecule has 2 fully saturated rings. The number of methoxy groups -OCH3 is 1. The van der Waals surface area contributed by atoms with Gasteiger partial charge in [0.2, 0.25) is 0 Å². The van der Waals surface area contributed by atoms with Crippen LogP contribution in [0.25, 0.3) is 0 Å². The summed E-state index contributed by atoms with van der Waals surface area (Å²) in [4.78, 5) is 4.94. The first kappa shape index (κ1) is 23.5. The highest BCUT2D eigenvalue weighted by Crippen LogP contribution is 2.39. The summed E-state index contributed by atoms with van der Waals surface area (Å²) < 4.78 is 5.61. The lowest BCUT2D eigenvalue weighted by atomic mass is 9.77. The van der Waals surface area contributed by atoms with Crippen LogP contribution in [0.15, 0.2) is 18.2 Å². The maximum Gasteiger partial charge on any atom is 0.119 e. The molecule has 2 heterocycles. The largest absolute Gasteiger partial charge is 0.497 e. The van der Waals surface area contributed by atoms with Crippen molar-refractivity contribution in [2.75, 3.05) is 46.5 Å². The summed E-state index contributed by atoms with van der Waals surface area (Å²) >= 11 is 0. The molecule has 170 valence electrons. The van der Waals surface area contributed by atoms with Crippen LogP contribution in [0.3, 0.4) is 0 Å². The summed E-state index contributed by atoms with van der Waals surface area (Å²) in [5, 5.41) is 20.0. The average Bonchev–Trinajstić information content (AvgIpc) is 3.33. The fraction of sp³-hybridized carbons (Fsp3) is 0.760. The minimum absolute atomic E-state index is 0.0295. The summed E-state index contributed by atoms with van der Waals surface area (Å²) in [5.41, 5.74) is 2.61. The normalized spacial score (nSPS) is 28.2. The molecule has 0 spiro atoms. The van der Waals surface area contributed by atoms with Crippen molar-refractivity contribution in [3.8, 4) is 5.75 Å². The molecular formula is C25H42N2O3. The molecule has 0 radical (unpaired) electrons. The third kappa shape index (κ3) is 4.85. The molecule has 2 saturated heterocycles. The molecule has 30 heavy (non-hydrogen) atoms. The molecule has 2 unspecified atom stereocenters. The maximum atomic E-state index is 9.99. The molecule has 5 nitrogen and oxygen atoms in total. The number of nitrogens with zero attached hydrogens (tertiary/aromatic N) is 2. The van der Waals surface area contributed by atoms with Gasteiger partial charge in [-0.25, -0.2) is 0 Å². The molecule has 1 aromatic carbocycles. The van der Waals surface area contributed by atoms with Crippen molar-refractivity contribution in [3.05, 3.63) is 29.3 Å². The standard InChI is InChI=1S/C25H42N2O3/c1-19(2)24(17-28)6-8-26(15-24)13-21-10-22(12-23(11-21)30-5)14-27-9-7-25(16-27,18-29)20(3)4/h10-12,19-20,28-29H,6-9,13-18H2,1-5H3. The van der Waals surface area contributed by atoms with Crippen LogP contribution in [0.1, 0.15) is 51.7 Å². The molecule has 2 atom stereocenters. The van der Waals surface area contributed by atoms with Gasteiger partial charge >= 0.3 is 0 Å². The van der Waals surface area contributed by atoms with Crippen LogP contribution < -0.4 is 4.74 Å². The van der Waals surface area contributed by atoms with E-state index < -0.39 is 0 Å². The van der Waals surface area contributed by atoms with Crippen LogP contribution in [-0.2, 0) is 13.1 Å². The predicted octanol–water partition coefficient (Wildman–Crippen LogP) is 3.38. The number of aliphatic hydroxyl groups is 2. The monoisotopic (exact) mass is 418 g/mol. The second-order valence-electron chi connectivity index (χ2n) is 10.5. The Balaban J connectivity index is 1.69. The molecule has 2 aliphatic rings. The van der Waals surface area contributed by atoms with Gasteiger partial charge in [-0.3, -0.25) is 9.80 Å². The Labute approximate surface area is 183 Å². The van der Waals surface area contributed by atoms with Crippen LogP contribution >= 0.6 is 0 Å². The van der Waals surface area contributed by atoms with E-state index in [1.54, 1.807) is 7.11 Å². The minimum Gasteiger partial charge on any atom is -0.497 e. The minimum atomic E-state index is 0.0295. The van der Waals surface area contributed by atoms with Crippen LogP contribution in [0.2, 0.25) is 0 Å². The van der Waals surface area contributed by atoms with Crippen LogP contribution in [0.5, 0.6) is 5.75 Å². The maximum absolute atomic E-state index is 9.99. The first-order valence-electron chi connectivity index (χ1n) is 11.6. The fourth-order valence-electron chi connectivity index (χ4n) is 5.35. The SMILES string of the molecule is COc1cc(CN2CCC(CO)(C(C)C)C2)cc(CN2CCC(CO)(C(C)C)C2)c1. The van der Waals surface area contributed by atoms with Gasteiger partial charge in [-0.05, 0) is 61.0 Å². The van der Waals surface area contributed by atoms with Crippen molar-refractivity contribution >= 4 is 0 Å². The summed E-state index contributed by atoms with van der Waals surface area (Å²) in [5.74, 6) is 1.88. The Bertz CT molecular complexity index is 653. The quantitative estimate of drug-likeness (QED) is 0.644. The molecule has 3 rings (SSSR count). The number of benzene rings is 1. The van der Waals surface area contributed by atoms with Crippen molar-refractivity contribution in [1.29, 1.82) is 0 Å². The summed E-state index contributed by atoms with van der Waals surface area (Å²) in [6.45, 7) is 15.2. The summed E-state index contributed by atoms with van der Waals surface area (Å²) in [7, 11) is 1.74. The zero-order chi connectivity index (χ0) is 21.9. The zero-order valence-corrected chi connectivity index (χ0v) is 19.7. The Morgan fingerprint density at radius 1 is 0.833 bits per heavy atom. The van der Waals surface area contributed by atoms with E-state index in [-0.39, 0.29) is 24.0 Å². The van der Waals surface area contributed by atoms with Gasteiger partial charge in [0.15, 0.2) is 0 Å². The Kier molecular flexibility index (Phi) is 7.49. The highest BCUT2D eigenvalue weighted by Gasteiger charge is 2.41. The molecular weight excluding hydrogens is 376 g/mol. The van der Waals surface area contributed by atoms with E-state index in [0.29, 0.717) is 11.8 Å². The number of hydrogen-bond acceptors (Lipinski definition) is 5. The topological polar surface area (TPSA) is 56.2 Å². The summed E-state index contributed by atoms with van der Waals surface area (Å²) in [6, 6.07) is 6.60. The number of ether oxygens (including phenoxy) is 1. The van der Waals surface area contributed by atoms with Gasteiger partial charge in [-0.2, -0.15) is 0 Å². The molecule has 0 saturated carbocycles. The number of hydrogen-bond donors (Lipinski definition) is 2. The highest BCUT2D eigenvalue weighted by molar-refractivity contribution is 5.34. The molecule has 0 aliphatic carbocycles. The smallest absolute Gasteiger partial charge is 0.119 e. The first-order valence-corrected chi connectivity index (χ1v) is 11.6. The third-order valence-electron chi connectivity index (χ3n) is 8.08. The van der Waals surface area contributed by atoms with Gasteiger partial charge < -0.3 is 14.9 Å². The van der Waals surface area contributed by atoms with E-state index in [2.05, 4.69) is 55.7 Å². The molecule has 2 N–H and O–H groups in total. The summed E-state index contributed by atoms with van der Waals surface area (Å²) in [6.07, 6.45) is 2.12. The number of likely N-dealkylation sites (tertiary alicyclic amines) is 2. The first-order chi connectivity index (χ1) is 14.3. The van der Waals surface area contributed by atoms with Crippen LogP contribution in [0.4, 0.5) is 0 Å². The zero-order valence-electron chi connectivity index (χ0n) is 19.7. The van der Waals surface area contributed by atoms with Crippen LogP contribution in [0, 0.1) is 22.7 Å². The van der Waals surface area contributed by atoms with Crippen molar-refractivity contribution in [2.45, 2.75) is 53.6 Å². The van der Waals surface area contributed by atoms with E-state index >= 15 is 0 Å². The molecule has 0 bridgehead atoms. The average molecular weight is 419 g/mol. The van der Waals surface area contributed by atoms with Crippen LogP contribution in [-0.4, -0.2) is 66.5 Å². The molecule has 2 aliphatic heterocycles. The molecule has 0 aromatic heterocycles. The van der Waals surface area contributed by atoms with Gasteiger partial charge in [0, 0.05) is 37.0 Å². The Morgan fingerprint density at radius 3 is 1.57 bits per heavy atom. The molecule has 1 aromatic rings. The van der Waals surface area contributed by atoms with E-state index in [9.17, 15) is 10.2 Å². The Hall–Kier alpha value is -1.14. The van der Waals surface area contributed by atoms with Crippen molar-refractivity contribution in [1.82, 2.24) is 9.80 Å². The highest BCUT2D eigenvalue weighted by atomic mass is 16.5. The Morgan fingerprint density at radius 2 is 1.27 bits per heavy atom. The predicted molar refractivity (Wildman–Crippen MR) is 121 cm³/mol. The van der Waals surface area contributed by atoms with Gasteiger partial charge in [-0.1, -0.05) is 33.8 Å². The lowest BCUT2D eigenvalue weighted by molar-refractivity contribution is 0.0818. The van der Waals surface area contributed by atoms with Gasteiger partial charge in [0.1, 0.15) is 5.75 Å². The van der Waals surface area contributed by atoms with Gasteiger partial charge in [-0.15, -0.1) is 0 Å². The number of aliphatic hydroxyl groups excluding tert-OH is 2. The van der Waals surface area contributed by atoms with E-state index in [4.69, 9.17) is 4.74 Å². The second kappa shape index (κ2) is 9.56. The van der Waals surface area contributed by atoms with E-state index in [0.717, 1.165) is 57.9 Å². The molecule has 0 amide bonds. The number of rotatable bonds is 9.